The lowest BCUT2D eigenvalue weighted by atomic mass is 10.0. The average Bonchev–Trinajstić information content (AvgIpc) is 3.07. The van der Waals surface area contributed by atoms with E-state index in [1.165, 1.54) is 24.3 Å². The molecule has 0 saturated carbocycles. The second-order valence-corrected chi connectivity index (χ2v) is 5.51. The van der Waals surface area contributed by atoms with Crippen LogP contribution in [-0.2, 0) is 12.6 Å². The number of aromatic nitrogens is 3. The number of benzene rings is 1. The Bertz CT molecular complexity index is 963. The Kier molecular flexibility index (Phi) is 4.58. The molecule has 0 N–H and O–H groups in total. The summed E-state index contributed by atoms with van der Waals surface area (Å²) in [7, 11) is 0. The highest BCUT2D eigenvalue weighted by molar-refractivity contribution is 5.86. The molecule has 0 aliphatic carbocycles. The molecule has 3 rings (SSSR count). The van der Waals surface area contributed by atoms with E-state index in [9.17, 15) is 22.4 Å². The number of halogens is 4. The number of carbonyl (C=O) groups excluding carboxylic acids is 1. The van der Waals surface area contributed by atoms with E-state index in [4.69, 9.17) is 0 Å². The molecule has 0 unspecified atom stereocenters. The fraction of sp³-hybridized carbons (Fsp3) is 0.167. The Labute approximate surface area is 146 Å². The summed E-state index contributed by atoms with van der Waals surface area (Å²) in [4.78, 5) is 15.3. The molecule has 0 saturated heterocycles. The second-order valence-electron chi connectivity index (χ2n) is 5.51. The number of aryl methyl sites for hydroxylation is 1. The summed E-state index contributed by atoms with van der Waals surface area (Å²) in [5.74, 6) is -0.656. The van der Waals surface area contributed by atoms with Crippen LogP contribution in [0.2, 0.25) is 0 Å². The quantitative estimate of drug-likeness (QED) is 0.508. The van der Waals surface area contributed by atoms with Crippen LogP contribution in [0.4, 0.5) is 17.6 Å². The summed E-state index contributed by atoms with van der Waals surface area (Å²) in [6, 6.07) is 8.82. The van der Waals surface area contributed by atoms with Crippen molar-refractivity contribution in [2.75, 3.05) is 0 Å². The van der Waals surface area contributed by atoms with Crippen molar-refractivity contribution in [1.29, 1.82) is 0 Å². The number of pyridine rings is 1. The highest BCUT2D eigenvalue weighted by Gasteiger charge is 2.36. The first kappa shape index (κ1) is 17.8. The molecule has 0 amide bonds. The Morgan fingerprint density at radius 2 is 1.92 bits per heavy atom. The molecule has 2 heterocycles. The summed E-state index contributed by atoms with van der Waals surface area (Å²) in [6.07, 6.45) is -3.74. The fourth-order valence-electron chi connectivity index (χ4n) is 2.52. The van der Waals surface area contributed by atoms with Crippen molar-refractivity contribution in [3.63, 3.8) is 0 Å². The van der Waals surface area contributed by atoms with Gasteiger partial charge in [-0.1, -0.05) is 13.0 Å². The average molecular weight is 363 g/mol. The van der Waals surface area contributed by atoms with Crippen LogP contribution < -0.4 is 0 Å². The van der Waals surface area contributed by atoms with E-state index in [2.05, 4.69) is 10.1 Å². The van der Waals surface area contributed by atoms with Gasteiger partial charge < -0.3 is 0 Å². The third kappa shape index (κ3) is 3.35. The summed E-state index contributed by atoms with van der Waals surface area (Å²) >= 11 is 0. The predicted octanol–water partition coefficient (Wildman–Crippen LogP) is 4.47. The van der Waals surface area contributed by atoms with Gasteiger partial charge in [-0.2, -0.15) is 18.3 Å². The molecule has 0 aliphatic rings. The van der Waals surface area contributed by atoms with Gasteiger partial charge in [-0.05, 0) is 42.8 Å². The van der Waals surface area contributed by atoms with E-state index in [-0.39, 0.29) is 28.3 Å². The first-order chi connectivity index (χ1) is 12.3. The normalized spacial score (nSPS) is 11.6. The third-order valence-corrected chi connectivity index (χ3v) is 3.78. The summed E-state index contributed by atoms with van der Waals surface area (Å²) in [6.45, 7) is 1.69. The minimum atomic E-state index is -4.61. The molecular weight excluding hydrogens is 350 g/mol. The molecule has 26 heavy (non-hydrogen) atoms. The van der Waals surface area contributed by atoms with Crippen molar-refractivity contribution in [2.45, 2.75) is 19.5 Å². The van der Waals surface area contributed by atoms with Crippen LogP contribution in [0.25, 0.3) is 17.1 Å². The van der Waals surface area contributed by atoms with Crippen molar-refractivity contribution in [1.82, 2.24) is 14.8 Å². The Morgan fingerprint density at radius 3 is 2.58 bits per heavy atom. The molecule has 134 valence electrons. The predicted molar refractivity (Wildman–Crippen MR) is 86.5 cm³/mol. The van der Waals surface area contributed by atoms with Gasteiger partial charge in [0.15, 0.2) is 12.1 Å². The number of alkyl halides is 3. The Hall–Kier alpha value is -3.03. The van der Waals surface area contributed by atoms with Crippen LogP contribution in [0, 0.1) is 5.82 Å². The maximum absolute atomic E-state index is 13.6. The number of rotatable bonds is 4. The van der Waals surface area contributed by atoms with Gasteiger partial charge in [-0.3, -0.25) is 4.79 Å². The van der Waals surface area contributed by atoms with Crippen LogP contribution in [0.3, 0.4) is 0 Å². The zero-order chi connectivity index (χ0) is 18.9. The van der Waals surface area contributed by atoms with Crippen LogP contribution in [0.15, 0.2) is 42.5 Å². The lowest BCUT2D eigenvalue weighted by molar-refractivity contribution is -0.142. The van der Waals surface area contributed by atoms with Crippen LogP contribution in [0.1, 0.15) is 28.7 Å². The van der Waals surface area contributed by atoms with Crippen molar-refractivity contribution in [3.8, 4) is 17.1 Å². The largest absolute Gasteiger partial charge is 0.433 e. The van der Waals surface area contributed by atoms with Gasteiger partial charge in [0.1, 0.15) is 11.5 Å². The first-order valence-electron chi connectivity index (χ1n) is 7.72. The van der Waals surface area contributed by atoms with Crippen molar-refractivity contribution in [2.24, 2.45) is 0 Å². The topological polar surface area (TPSA) is 47.8 Å². The molecule has 0 spiro atoms. The maximum atomic E-state index is 13.6. The van der Waals surface area contributed by atoms with E-state index in [1.807, 2.05) is 0 Å². The molecule has 2 aromatic heterocycles. The van der Waals surface area contributed by atoms with E-state index in [0.717, 1.165) is 18.2 Å². The smallest absolute Gasteiger partial charge is 0.298 e. The summed E-state index contributed by atoms with van der Waals surface area (Å²) in [5.41, 5.74) is -0.136. The number of hydrogen-bond acceptors (Lipinski definition) is 3. The molecular formula is C18H13F4N3O. The van der Waals surface area contributed by atoms with Gasteiger partial charge in [0.2, 0.25) is 0 Å². The lowest BCUT2D eigenvalue weighted by Gasteiger charge is -2.11. The van der Waals surface area contributed by atoms with Crippen molar-refractivity contribution >= 4 is 6.29 Å². The van der Waals surface area contributed by atoms with Gasteiger partial charge in [-0.25, -0.2) is 14.1 Å². The van der Waals surface area contributed by atoms with Gasteiger partial charge in [0, 0.05) is 11.1 Å². The summed E-state index contributed by atoms with van der Waals surface area (Å²) in [5, 5.41) is 3.95. The number of carbonyl (C=O) groups is 1. The second kappa shape index (κ2) is 6.70. The monoisotopic (exact) mass is 363 g/mol. The third-order valence-electron chi connectivity index (χ3n) is 3.78. The highest BCUT2D eigenvalue weighted by atomic mass is 19.4. The minimum absolute atomic E-state index is 0.0735. The SMILES string of the molecule is CCc1cc(C(F)(F)F)n(-c2cccc(-c3cc(F)ccc3C=O)n2)n1. The Morgan fingerprint density at radius 1 is 1.15 bits per heavy atom. The van der Waals surface area contributed by atoms with Crippen LogP contribution >= 0.6 is 0 Å². The van der Waals surface area contributed by atoms with Crippen LogP contribution in [0.5, 0.6) is 0 Å². The van der Waals surface area contributed by atoms with E-state index < -0.39 is 17.7 Å². The lowest BCUT2D eigenvalue weighted by Crippen LogP contribution is -2.14. The molecule has 0 bridgehead atoms. The molecule has 0 radical (unpaired) electrons. The molecule has 1 aromatic carbocycles. The highest BCUT2D eigenvalue weighted by Crippen LogP contribution is 2.32. The zero-order valence-corrected chi connectivity index (χ0v) is 13.6. The standard InChI is InChI=1S/C18H13F4N3O/c1-2-13-9-16(18(20,21)22)25(24-13)17-5-3-4-15(23-17)14-8-12(19)7-6-11(14)10-26/h3-10H,2H2,1H3. The number of hydrogen-bond donors (Lipinski definition) is 0. The first-order valence-corrected chi connectivity index (χ1v) is 7.72. The van der Waals surface area contributed by atoms with E-state index in [1.54, 1.807) is 6.92 Å². The maximum Gasteiger partial charge on any atom is 0.433 e. The van der Waals surface area contributed by atoms with Gasteiger partial charge in [-0.15, -0.1) is 0 Å². The molecule has 4 nitrogen and oxygen atoms in total. The number of aldehydes is 1. The van der Waals surface area contributed by atoms with Crippen molar-refractivity contribution < 1.29 is 22.4 Å². The molecule has 0 atom stereocenters. The number of nitrogens with zero attached hydrogens (tertiary/aromatic N) is 3. The molecule has 8 heteroatoms. The Balaban J connectivity index is 2.17. The van der Waals surface area contributed by atoms with Gasteiger partial charge in [0.05, 0.1) is 11.4 Å². The minimum Gasteiger partial charge on any atom is -0.298 e. The van der Waals surface area contributed by atoms with E-state index in [0.29, 0.717) is 17.4 Å². The molecule has 3 aromatic rings. The van der Waals surface area contributed by atoms with Crippen molar-refractivity contribution in [3.05, 3.63) is 65.2 Å². The fourth-order valence-corrected chi connectivity index (χ4v) is 2.52. The zero-order valence-electron chi connectivity index (χ0n) is 13.6. The van der Waals surface area contributed by atoms with E-state index >= 15 is 0 Å². The summed E-state index contributed by atoms with van der Waals surface area (Å²) < 4.78 is 54.1. The van der Waals surface area contributed by atoms with Gasteiger partial charge in [0.25, 0.3) is 0 Å². The van der Waals surface area contributed by atoms with Crippen LogP contribution in [-0.4, -0.2) is 21.1 Å². The van der Waals surface area contributed by atoms with Gasteiger partial charge >= 0.3 is 6.18 Å². The molecule has 0 fully saturated rings. The molecule has 0 aliphatic heterocycles.